The van der Waals surface area contributed by atoms with Crippen LogP contribution < -0.4 is 4.72 Å². The lowest BCUT2D eigenvalue weighted by atomic mass is 10.2. The second kappa shape index (κ2) is 6.91. The van der Waals surface area contributed by atoms with Crippen LogP contribution in [0.25, 0.3) is 11.5 Å². The summed E-state index contributed by atoms with van der Waals surface area (Å²) in [4.78, 5) is 14.5. The van der Waals surface area contributed by atoms with Gasteiger partial charge in [0.2, 0.25) is 21.7 Å². The molecular weight excluding hydrogens is 332 g/mol. The molecule has 0 saturated carbocycles. The van der Waals surface area contributed by atoms with Gasteiger partial charge in [0.25, 0.3) is 0 Å². The van der Waals surface area contributed by atoms with E-state index >= 15 is 0 Å². The van der Waals surface area contributed by atoms with Crippen LogP contribution in [0, 0.1) is 0 Å². The molecule has 1 fully saturated rings. The Morgan fingerprint density at radius 2 is 2.25 bits per heavy atom. The molecule has 0 bridgehead atoms. The molecule has 24 heavy (non-hydrogen) atoms. The van der Waals surface area contributed by atoms with Gasteiger partial charge in [0.15, 0.2) is 0 Å². The van der Waals surface area contributed by atoms with Crippen LogP contribution in [-0.4, -0.2) is 58.8 Å². The van der Waals surface area contributed by atoms with Crippen molar-refractivity contribution in [3.63, 3.8) is 0 Å². The molecule has 1 aliphatic heterocycles. The topological polar surface area (TPSA) is 114 Å². The molecule has 0 amide bonds. The Balaban J connectivity index is 1.71. The van der Waals surface area contributed by atoms with Crippen LogP contribution in [0.3, 0.4) is 0 Å². The predicted octanol–water partition coefficient (Wildman–Crippen LogP) is 0.601. The summed E-state index contributed by atoms with van der Waals surface area (Å²) in [6, 6.07) is -0.291. The average molecular weight is 352 g/mol. The number of nitrogens with one attached hydrogen (secondary N) is 1. The maximum Gasteiger partial charge on any atom is 0.244 e. The first-order valence-corrected chi connectivity index (χ1v) is 9.44. The molecule has 0 radical (unpaired) electrons. The van der Waals surface area contributed by atoms with Crippen molar-refractivity contribution in [2.75, 3.05) is 19.3 Å². The Morgan fingerprint density at radius 3 is 2.96 bits per heavy atom. The maximum atomic E-state index is 11.9. The first kappa shape index (κ1) is 16.9. The number of sulfonamides is 1. The fourth-order valence-corrected chi connectivity index (χ4v) is 4.18. The van der Waals surface area contributed by atoms with E-state index in [1.165, 1.54) is 0 Å². The molecule has 2 aromatic rings. The predicted molar refractivity (Wildman–Crippen MR) is 86.3 cm³/mol. The number of likely N-dealkylation sites (tertiary alicyclic amines) is 1. The summed E-state index contributed by atoms with van der Waals surface area (Å²) in [6.07, 6.45) is 5.87. The zero-order valence-electron chi connectivity index (χ0n) is 13.6. The molecule has 2 atom stereocenters. The summed E-state index contributed by atoms with van der Waals surface area (Å²) in [6.45, 7) is 2.44. The largest absolute Gasteiger partial charge is 0.337 e. The van der Waals surface area contributed by atoms with E-state index < -0.39 is 10.0 Å². The van der Waals surface area contributed by atoms with Gasteiger partial charge in [-0.05, 0) is 19.9 Å². The number of rotatable bonds is 6. The van der Waals surface area contributed by atoms with Gasteiger partial charge in [-0.1, -0.05) is 12.1 Å². The zero-order valence-corrected chi connectivity index (χ0v) is 14.4. The van der Waals surface area contributed by atoms with E-state index in [2.05, 4.69) is 24.8 Å². The standard InChI is InChI=1S/C14H20N6O3S/c1-3-6-24(21,22)19-10-7-12(20(2)9-10)14-17-13(18-23-14)11-8-15-4-5-16-11/h4-5,8,10,12,19H,3,6-7,9H2,1-2H3/t10-,12+/m1/s1. The summed E-state index contributed by atoms with van der Waals surface area (Å²) in [7, 11) is -1.34. The van der Waals surface area contributed by atoms with Crippen molar-refractivity contribution in [1.82, 2.24) is 29.7 Å². The van der Waals surface area contributed by atoms with Crippen molar-refractivity contribution >= 4 is 10.0 Å². The molecule has 0 spiro atoms. The Hall–Kier alpha value is -1.91. The van der Waals surface area contributed by atoms with Crippen molar-refractivity contribution in [3.8, 4) is 11.5 Å². The summed E-state index contributed by atoms with van der Waals surface area (Å²) in [5.41, 5.74) is 0.536. The van der Waals surface area contributed by atoms with Crippen molar-refractivity contribution in [1.29, 1.82) is 0 Å². The van der Waals surface area contributed by atoms with E-state index in [4.69, 9.17) is 4.52 Å². The molecule has 9 nitrogen and oxygen atoms in total. The minimum Gasteiger partial charge on any atom is -0.337 e. The Labute approximate surface area is 140 Å². The highest BCUT2D eigenvalue weighted by molar-refractivity contribution is 7.89. The fraction of sp³-hybridized carbons (Fsp3) is 0.571. The van der Waals surface area contributed by atoms with E-state index in [1.807, 2.05) is 18.9 Å². The van der Waals surface area contributed by atoms with E-state index in [-0.39, 0.29) is 17.8 Å². The minimum absolute atomic E-state index is 0.128. The molecule has 1 aliphatic rings. The van der Waals surface area contributed by atoms with Crippen LogP contribution in [0.5, 0.6) is 0 Å². The van der Waals surface area contributed by atoms with E-state index in [1.54, 1.807) is 18.6 Å². The molecule has 3 heterocycles. The van der Waals surface area contributed by atoms with Crippen molar-refractivity contribution in [2.24, 2.45) is 0 Å². The third-order valence-corrected chi connectivity index (χ3v) is 5.52. The highest BCUT2D eigenvalue weighted by Gasteiger charge is 2.36. The van der Waals surface area contributed by atoms with Gasteiger partial charge in [0, 0.05) is 25.0 Å². The van der Waals surface area contributed by atoms with Crippen LogP contribution in [-0.2, 0) is 10.0 Å². The Morgan fingerprint density at radius 1 is 1.42 bits per heavy atom. The lowest BCUT2D eigenvalue weighted by molar-refractivity contribution is 0.244. The van der Waals surface area contributed by atoms with Gasteiger partial charge in [-0.3, -0.25) is 9.88 Å². The highest BCUT2D eigenvalue weighted by Crippen LogP contribution is 2.30. The quantitative estimate of drug-likeness (QED) is 0.804. The second-order valence-corrected chi connectivity index (χ2v) is 7.75. The van der Waals surface area contributed by atoms with Crippen molar-refractivity contribution < 1.29 is 12.9 Å². The summed E-state index contributed by atoms with van der Waals surface area (Å²) in [5, 5.41) is 3.94. The minimum atomic E-state index is -3.24. The second-order valence-electron chi connectivity index (χ2n) is 5.87. The van der Waals surface area contributed by atoms with Gasteiger partial charge in [-0.15, -0.1) is 0 Å². The van der Waals surface area contributed by atoms with Crippen LogP contribution in [0.15, 0.2) is 23.1 Å². The monoisotopic (exact) mass is 352 g/mol. The molecule has 0 unspecified atom stereocenters. The number of likely N-dealkylation sites (N-methyl/N-ethyl adjacent to an activating group) is 1. The molecule has 0 aromatic carbocycles. The smallest absolute Gasteiger partial charge is 0.244 e. The molecule has 3 rings (SSSR count). The van der Waals surface area contributed by atoms with Gasteiger partial charge in [0.05, 0.1) is 18.0 Å². The highest BCUT2D eigenvalue weighted by atomic mass is 32.2. The van der Waals surface area contributed by atoms with Crippen LogP contribution in [0.2, 0.25) is 0 Å². The lowest BCUT2D eigenvalue weighted by Gasteiger charge is -2.14. The molecule has 1 saturated heterocycles. The van der Waals surface area contributed by atoms with E-state index in [0.717, 1.165) is 0 Å². The third kappa shape index (κ3) is 3.77. The van der Waals surface area contributed by atoms with Crippen LogP contribution in [0.1, 0.15) is 31.7 Å². The van der Waals surface area contributed by atoms with Crippen molar-refractivity contribution in [3.05, 3.63) is 24.5 Å². The van der Waals surface area contributed by atoms with Gasteiger partial charge >= 0.3 is 0 Å². The average Bonchev–Trinajstić information content (AvgIpc) is 3.14. The Kier molecular flexibility index (Phi) is 4.88. The van der Waals surface area contributed by atoms with Gasteiger partial charge in [0.1, 0.15) is 5.69 Å². The fourth-order valence-electron chi connectivity index (χ4n) is 2.84. The number of nitrogens with zero attached hydrogens (tertiary/aromatic N) is 5. The van der Waals surface area contributed by atoms with Gasteiger partial charge in [-0.2, -0.15) is 4.98 Å². The van der Waals surface area contributed by atoms with Crippen LogP contribution in [0.4, 0.5) is 0 Å². The molecule has 0 aliphatic carbocycles. The summed E-state index contributed by atoms with van der Waals surface area (Å²) >= 11 is 0. The van der Waals surface area contributed by atoms with Crippen LogP contribution >= 0.6 is 0 Å². The first-order chi connectivity index (χ1) is 11.5. The Bertz CT molecular complexity index is 779. The number of aromatic nitrogens is 4. The summed E-state index contributed by atoms with van der Waals surface area (Å²) < 4.78 is 32.0. The first-order valence-electron chi connectivity index (χ1n) is 7.78. The third-order valence-electron chi connectivity index (χ3n) is 3.89. The maximum absolute atomic E-state index is 11.9. The lowest BCUT2D eigenvalue weighted by Crippen LogP contribution is -2.37. The van der Waals surface area contributed by atoms with E-state index in [0.29, 0.717) is 36.8 Å². The molecule has 10 heteroatoms. The molecule has 130 valence electrons. The molecular formula is C14H20N6O3S. The van der Waals surface area contributed by atoms with Gasteiger partial charge in [-0.25, -0.2) is 18.1 Å². The normalized spacial score (nSPS) is 22.1. The van der Waals surface area contributed by atoms with E-state index in [9.17, 15) is 8.42 Å². The SMILES string of the molecule is CCCS(=O)(=O)N[C@@H]1C[C@@H](c2nc(-c3cnccn3)no2)N(C)C1. The van der Waals surface area contributed by atoms with Gasteiger partial charge < -0.3 is 4.52 Å². The number of hydrogen-bond donors (Lipinski definition) is 1. The molecule has 1 N–H and O–H groups in total. The number of hydrogen-bond acceptors (Lipinski definition) is 8. The van der Waals surface area contributed by atoms with Crippen molar-refractivity contribution in [2.45, 2.75) is 31.8 Å². The zero-order chi connectivity index (χ0) is 17.2. The molecule has 2 aromatic heterocycles. The summed E-state index contributed by atoms with van der Waals surface area (Å²) in [5.74, 6) is 0.965.